The molecule has 4 aliphatic carbocycles. The molecule has 0 saturated heterocycles. The Balaban J connectivity index is 0.000000186. The zero-order valence-electron chi connectivity index (χ0n) is 47.9. The molecule has 10 rings (SSSR count). The van der Waals surface area contributed by atoms with Crippen LogP contribution >= 0.6 is 31.9 Å². The first kappa shape index (κ1) is 58.0. The van der Waals surface area contributed by atoms with E-state index in [1.54, 1.807) is 0 Å². The van der Waals surface area contributed by atoms with Crippen molar-refractivity contribution in [2.45, 2.75) is 182 Å². The van der Waals surface area contributed by atoms with Gasteiger partial charge in [-0.1, -0.05) is 124 Å². The molecule has 0 N–H and O–H groups in total. The summed E-state index contributed by atoms with van der Waals surface area (Å²) >= 11 is 6.92. The van der Waals surface area contributed by atoms with Gasteiger partial charge in [0.15, 0.2) is 17.5 Å². The van der Waals surface area contributed by atoms with Crippen LogP contribution in [0.15, 0.2) is 33.2 Å². The van der Waals surface area contributed by atoms with E-state index in [0.29, 0.717) is 93.2 Å². The molecule has 0 spiro atoms. The maximum Gasteiger partial charge on any atom is 0.164 e. The minimum atomic E-state index is -1.24. The average molecular weight is 1240 g/mol. The summed E-state index contributed by atoms with van der Waals surface area (Å²) < 4.78 is 64.4. The van der Waals surface area contributed by atoms with E-state index in [9.17, 15) is 0 Å². The summed E-state index contributed by atoms with van der Waals surface area (Å²) in [7, 11) is -4.81. The third-order valence-corrected chi connectivity index (χ3v) is 24.0. The van der Waals surface area contributed by atoms with Crippen LogP contribution in [0.5, 0.6) is 0 Å². The minimum absolute atomic E-state index is 0.254. The van der Waals surface area contributed by atoms with E-state index >= 15 is 8.78 Å². The van der Waals surface area contributed by atoms with E-state index in [4.69, 9.17) is 39.1 Å². The number of ether oxygens (including phenoxy) is 4. The molecule has 4 heterocycles. The van der Waals surface area contributed by atoms with E-state index in [0.717, 1.165) is 80.0 Å². The van der Waals surface area contributed by atoms with Gasteiger partial charge in [0.1, 0.15) is 55.2 Å². The van der Waals surface area contributed by atoms with Crippen molar-refractivity contribution in [3.63, 3.8) is 0 Å². The Bertz CT molecular complexity index is 3000. The quantitative estimate of drug-likeness (QED) is 0.0489. The number of imidazole rings is 2. The molecule has 4 aromatic heterocycles. The fourth-order valence-electron chi connectivity index (χ4n) is 10.9. The third-order valence-electron chi connectivity index (χ3n) is 16.3. The van der Waals surface area contributed by atoms with E-state index in [1.165, 1.54) is 47.5 Å². The Hall–Kier alpha value is -2.67. The molecule has 6 aromatic rings. The summed E-state index contributed by atoms with van der Waals surface area (Å²) in [4.78, 5) is 9.79. The first-order valence-electron chi connectivity index (χ1n) is 27.7. The maximum absolute atomic E-state index is 15.3. The summed E-state index contributed by atoms with van der Waals surface area (Å²) in [5, 5.41) is 10.2. The summed E-state index contributed by atoms with van der Waals surface area (Å²) in [5.41, 5.74) is 9.59. The Morgan fingerprint density at radius 1 is 0.553 bits per heavy atom. The monoisotopic (exact) mass is 1240 g/mol. The molecule has 2 fully saturated rings. The van der Waals surface area contributed by atoms with Gasteiger partial charge in [0, 0.05) is 90.2 Å². The van der Waals surface area contributed by atoms with Gasteiger partial charge in [-0.2, -0.15) is 10.2 Å². The molecule has 2 aromatic carbocycles. The Morgan fingerprint density at radius 3 is 1.42 bits per heavy atom. The average Bonchev–Trinajstić information content (AvgIpc) is 3.99. The number of nitrogens with zero attached hydrogens (tertiary/aromatic N) is 8. The smallest absolute Gasteiger partial charge is 0.164 e. The lowest BCUT2D eigenvalue weighted by atomic mass is 9.87. The number of aromatic nitrogens is 8. The van der Waals surface area contributed by atoms with Crippen LogP contribution in [0.4, 0.5) is 8.78 Å². The molecule has 0 radical (unpaired) electrons. The van der Waals surface area contributed by atoms with Crippen molar-refractivity contribution in [1.82, 2.24) is 38.7 Å². The van der Waals surface area contributed by atoms with Gasteiger partial charge >= 0.3 is 0 Å². The zero-order valence-corrected chi connectivity index (χ0v) is 55.1. The fourth-order valence-corrected chi connectivity index (χ4v) is 14.7. The number of benzene rings is 2. The van der Waals surface area contributed by atoms with Crippen LogP contribution in [0.25, 0.3) is 45.1 Å². The van der Waals surface area contributed by atoms with Gasteiger partial charge in [-0.05, 0) is 110 Å². The second-order valence-electron chi connectivity index (χ2n) is 28.0. The lowest BCUT2D eigenvalue weighted by molar-refractivity contribution is 0.0755. The van der Waals surface area contributed by atoms with Crippen LogP contribution in [-0.4, -0.2) is 97.4 Å². The van der Waals surface area contributed by atoms with Gasteiger partial charge in [0.05, 0.1) is 11.0 Å². The van der Waals surface area contributed by atoms with Crippen LogP contribution in [0, 0.1) is 34.3 Å². The maximum atomic E-state index is 15.3. The summed E-state index contributed by atoms with van der Waals surface area (Å²) in [5.74, 6) is 2.08. The van der Waals surface area contributed by atoms with Gasteiger partial charge in [0.25, 0.3) is 0 Å². The van der Waals surface area contributed by atoms with Crippen LogP contribution in [-0.2, 0) is 71.6 Å². The van der Waals surface area contributed by atoms with E-state index in [2.05, 4.69) is 134 Å². The molecule has 0 aliphatic heterocycles. The number of fused-ring (bicyclic) bond motifs is 6. The van der Waals surface area contributed by atoms with Crippen molar-refractivity contribution in [2.75, 3.05) is 26.4 Å². The van der Waals surface area contributed by atoms with Crippen molar-refractivity contribution in [3.8, 4) is 23.0 Å². The highest BCUT2D eigenvalue weighted by atomic mass is 79.9. The number of hydrogen-bond acceptors (Lipinski definition) is 8. The van der Waals surface area contributed by atoms with Crippen molar-refractivity contribution in [3.05, 3.63) is 67.4 Å². The molecule has 2 saturated carbocycles. The van der Waals surface area contributed by atoms with E-state index in [1.807, 2.05) is 21.3 Å². The normalized spacial score (nSPS) is 21.1. The Morgan fingerprint density at radius 2 is 0.961 bits per heavy atom. The SMILES string of the molecule is C[C@@]12Cc3c(c(-c4nc5c(F)cc(Br)cc5n4COCC[Si](C)(C)C)nn3COCC[Si](C)(C)C)C[C@@H]1C2.C[C@@]12Cc3c(c(-c4nc5cc(Br)cc(F)c5n4COCC[Si](C)(C)C)nn3COCC[Si](C)(C)C)C[C@@H]1C2. The van der Waals surface area contributed by atoms with Crippen molar-refractivity contribution < 1.29 is 27.7 Å². The molecular weight excluding hydrogens is 1160 g/mol. The first-order valence-corrected chi connectivity index (χ1v) is 44.1. The molecule has 20 heteroatoms. The van der Waals surface area contributed by atoms with Gasteiger partial charge in [-0.25, -0.2) is 28.1 Å². The number of halogens is 4. The van der Waals surface area contributed by atoms with Crippen LogP contribution in [0.3, 0.4) is 0 Å². The second kappa shape index (κ2) is 22.0. The lowest BCUT2D eigenvalue weighted by Gasteiger charge is -2.20. The van der Waals surface area contributed by atoms with Crippen LogP contribution in [0.2, 0.25) is 103 Å². The van der Waals surface area contributed by atoms with Crippen molar-refractivity contribution in [1.29, 1.82) is 0 Å². The van der Waals surface area contributed by atoms with Crippen LogP contribution in [0.1, 0.15) is 49.2 Å². The third kappa shape index (κ3) is 13.6. The highest BCUT2D eigenvalue weighted by Crippen LogP contribution is 2.61. The van der Waals surface area contributed by atoms with Gasteiger partial charge in [-0.3, -0.25) is 9.13 Å². The van der Waals surface area contributed by atoms with Crippen molar-refractivity contribution >= 4 is 86.2 Å². The van der Waals surface area contributed by atoms with Crippen LogP contribution < -0.4 is 0 Å². The molecular formula is C56H84Br2F2N8O4Si4. The molecule has 12 nitrogen and oxygen atoms in total. The molecule has 4 aliphatic rings. The Kier molecular flexibility index (Phi) is 16.8. The summed E-state index contributed by atoms with van der Waals surface area (Å²) in [6, 6.07) is 11.2. The molecule has 0 bridgehead atoms. The zero-order chi connectivity index (χ0) is 54.9. The minimum Gasteiger partial charge on any atom is -0.361 e. The predicted octanol–water partition coefficient (Wildman–Crippen LogP) is 15.1. The highest BCUT2D eigenvalue weighted by Gasteiger charge is 2.55. The highest BCUT2D eigenvalue weighted by molar-refractivity contribution is 9.10. The van der Waals surface area contributed by atoms with E-state index in [-0.39, 0.29) is 18.4 Å². The largest absolute Gasteiger partial charge is 0.361 e. The first-order chi connectivity index (χ1) is 35.5. The second-order valence-corrected chi connectivity index (χ2v) is 52.4. The molecule has 0 unspecified atom stereocenters. The molecule has 416 valence electrons. The van der Waals surface area contributed by atoms with Crippen molar-refractivity contribution in [2.24, 2.45) is 22.7 Å². The number of rotatable bonds is 22. The van der Waals surface area contributed by atoms with E-state index < -0.39 is 32.3 Å². The topological polar surface area (TPSA) is 108 Å². The molecule has 76 heavy (non-hydrogen) atoms. The predicted molar refractivity (Wildman–Crippen MR) is 321 cm³/mol. The fraction of sp³-hybridized carbons (Fsp3) is 0.643. The molecule has 4 atom stereocenters. The van der Waals surface area contributed by atoms with Gasteiger partial charge in [0.2, 0.25) is 0 Å². The van der Waals surface area contributed by atoms with Gasteiger partial charge < -0.3 is 18.9 Å². The standard InChI is InChI=1S/2C28H42BrFN4O2Si2/c1-28-15-19(28)12-21-24(16-28)34(18-36-9-11-38(5,6)7)32-25(21)27-31-26-22(30)13-20(29)14-23(26)33(27)17-35-8-10-37(2,3)4;1-28-15-19(28)12-21-24(16-28)34(18-36-9-11-38(5,6)7)32-25(21)27-31-23-14-20(29)13-22(30)26(23)33(27)17-35-8-10-37(2,3)4/h2*13-14,19H,8-12,15-18H2,1-7H3/t2*19-,28-/m11/s1. The Labute approximate surface area is 471 Å². The number of hydrogen-bond donors (Lipinski definition) is 0. The molecule has 0 amide bonds. The lowest BCUT2D eigenvalue weighted by Crippen LogP contribution is -2.23. The summed E-state index contributed by atoms with van der Waals surface area (Å²) in [6.07, 6.45) is 6.48. The van der Waals surface area contributed by atoms with Gasteiger partial charge in [-0.15, -0.1) is 0 Å². The summed E-state index contributed by atoms with van der Waals surface area (Å²) in [6.45, 7) is 37.3.